The van der Waals surface area contributed by atoms with E-state index in [0.29, 0.717) is 6.42 Å². The number of ketones is 1. The highest BCUT2D eigenvalue weighted by atomic mass is 79.9. The Balaban J connectivity index is 2.01. The third-order valence-corrected chi connectivity index (χ3v) is 3.98. The fourth-order valence-corrected chi connectivity index (χ4v) is 2.67. The van der Waals surface area contributed by atoms with Gasteiger partial charge in [-0.25, -0.2) is 0 Å². The lowest BCUT2D eigenvalue weighted by Crippen LogP contribution is -2.25. The minimum Gasteiger partial charge on any atom is -0.371 e. The Morgan fingerprint density at radius 1 is 1.05 bits per heavy atom. The van der Waals surface area contributed by atoms with Crippen molar-refractivity contribution in [3.05, 3.63) is 64.6 Å². The molecule has 0 heterocycles. The number of hydrogen-bond donors (Lipinski definition) is 0. The van der Waals surface area contributed by atoms with Gasteiger partial charge in [0, 0.05) is 35.2 Å². The van der Waals surface area contributed by atoms with Gasteiger partial charge in [-0.2, -0.15) is 0 Å². The Morgan fingerprint density at radius 2 is 1.70 bits per heavy atom. The van der Waals surface area contributed by atoms with Crippen LogP contribution >= 0.6 is 15.9 Å². The predicted molar refractivity (Wildman–Crippen MR) is 87.4 cm³/mol. The highest BCUT2D eigenvalue weighted by Gasteiger charge is 2.11. The Kier molecular flexibility index (Phi) is 5.36. The first kappa shape index (κ1) is 14.8. The second kappa shape index (κ2) is 7.25. The SMILES string of the molecule is CCN(CCC(=O)c1ccccc1Br)c1ccccc1. The first-order valence-corrected chi connectivity index (χ1v) is 7.59. The van der Waals surface area contributed by atoms with E-state index in [1.807, 2.05) is 42.5 Å². The molecule has 0 atom stereocenters. The standard InChI is InChI=1S/C17H18BrNO/c1-2-19(14-8-4-3-5-9-14)13-12-17(20)15-10-6-7-11-16(15)18/h3-11H,2,12-13H2,1H3. The topological polar surface area (TPSA) is 20.3 Å². The van der Waals surface area contributed by atoms with Crippen LogP contribution < -0.4 is 4.90 Å². The average Bonchev–Trinajstić information content (AvgIpc) is 2.49. The van der Waals surface area contributed by atoms with E-state index in [4.69, 9.17) is 0 Å². The molecule has 0 aliphatic carbocycles. The van der Waals surface area contributed by atoms with Gasteiger partial charge in [0.05, 0.1) is 0 Å². The van der Waals surface area contributed by atoms with Crippen LogP contribution in [0.5, 0.6) is 0 Å². The van der Waals surface area contributed by atoms with Crippen molar-refractivity contribution in [3.8, 4) is 0 Å². The number of para-hydroxylation sites is 1. The number of carbonyl (C=O) groups excluding carboxylic acids is 1. The lowest BCUT2D eigenvalue weighted by Gasteiger charge is -2.22. The minimum atomic E-state index is 0.173. The third kappa shape index (κ3) is 3.70. The van der Waals surface area contributed by atoms with E-state index < -0.39 is 0 Å². The van der Waals surface area contributed by atoms with Crippen molar-refractivity contribution in [1.29, 1.82) is 0 Å². The number of anilines is 1. The van der Waals surface area contributed by atoms with Gasteiger partial charge in [-0.1, -0.05) is 52.3 Å². The molecule has 0 aliphatic rings. The van der Waals surface area contributed by atoms with Gasteiger partial charge >= 0.3 is 0 Å². The lowest BCUT2D eigenvalue weighted by molar-refractivity contribution is 0.0984. The second-order valence-corrected chi connectivity index (χ2v) is 5.42. The maximum atomic E-state index is 12.3. The summed E-state index contributed by atoms with van der Waals surface area (Å²) in [5.74, 6) is 0.173. The van der Waals surface area contributed by atoms with Crippen LogP contribution in [0.25, 0.3) is 0 Å². The number of nitrogens with zero attached hydrogens (tertiary/aromatic N) is 1. The van der Waals surface area contributed by atoms with Gasteiger partial charge in [-0.3, -0.25) is 4.79 Å². The Morgan fingerprint density at radius 3 is 2.35 bits per heavy atom. The van der Waals surface area contributed by atoms with E-state index in [1.54, 1.807) is 0 Å². The van der Waals surface area contributed by atoms with E-state index in [9.17, 15) is 4.79 Å². The highest BCUT2D eigenvalue weighted by molar-refractivity contribution is 9.10. The first-order chi connectivity index (χ1) is 9.72. The third-order valence-electron chi connectivity index (χ3n) is 3.29. The van der Waals surface area contributed by atoms with Gasteiger partial charge in [0.2, 0.25) is 0 Å². The molecular formula is C17H18BrNO. The molecule has 3 heteroatoms. The van der Waals surface area contributed by atoms with Crippen molar-refractivity contribution in [2.24, 2.45) is 0 Å². The zero-order chi connectivity index (χ0) is 14.4. The van der Waals surface area contributed by atoms with Crippen LogP contribution in [0.2, 0.25) is 0 Å². The molecule has 0 unspecified atom stereocenters. The fourth-order valence-electron chi connectivity index (χ4n) is 2.17. The van der Waals surface area contributed by atoms with Crippen LogP contribution in [0.1, 0.15) is 23.7 Å². The number of hydrogen-bond acceptors (Lipinski definition) is 2. The fraction of sp³-hybridized carbons (Fsp3) is 0.235. The molecule has 0 amide bonds. The molecule has 0 radical (unpaired) electrons. The van der Waals surface area contributed by atoms with Gasteiger partial charge < -0.3 is 4.90 Å². The highest BCUT2D eigenvalue weighted by Crippen LogP contribution is 2.19. The summed E-state index contributed by atoms with van der Waals surface area (Å²) in [5.41, 5.74) is 1.92. The second-order valence-electron chi connectivity index (χ2n) is 4.57. The molecular weight excluding hydrogens is 314 g/mol. The summed E-state index contributed by atoms with van der Waals surface area (Å²) >= 11 is 3.43. The van der Waals surface area contributed by atoms with Gasteiger partial charge in [-0.05, 0) is 25.1 Å². The number of benzene rings is 2. The molecule has 0 spiro atoms. The summed E-state index contributed by atoms with van der Waals surface area (Å²) in [5, 5.41) is 0. The van der Waals surface area contributed by atoms with E-state index in [-0.39, 0.29) is 5.78 Å². The predicted octanol–water partition coefficient (Wildman–Crippen LogP) is 4.55. The Hall–Kier alpha value is -1.61. The molecule has 0 saturated heterocycles. The summed E-state index contributed by atoms with van der Waals surface area (Å²) < 4.78 is 0.868. The maximum Gasteiger partial charge on any atom is 0.165 e. The first-order valence-electron chi connectivity index (χ1n) is 6.80. The lowest BCUT2D eigenvalue weighted by atomic mass is 10.1. The molecule has 2 aromatic rings. The summed E-state index contributed by atoms with van der Waals surface area (Å²) in [6, 6.07) is 17.8. The van der Waals surface area contributed by atoms with E-state index >= 15 is 0 Å². The smallest absolute Gasteiger partial charge is 0.165 e. The number of rotatable bonds is 6. The molecule has 0 N–H and O–H groups in total. The maximum absolute atomic E-state index is 12.3. The summed E-state index contributed by atoms with van der Waals surface area (Å²) in [4.78, 5) is 14.5. The zero-order valence-corrected chi connectivity index (χ0v) is 13.1. The molecule has 104 valence electrons. The quantitative estimate of drug-likeness (QED) is 0.724. The molecule has 0 saturated carbocycles. The number of Topliss-reactive ketones (excluding diaryl/α,β-unsaturated/α-hetero) is 1. The van der Waals surface area contributed by atoms with E-state index in [1.165, 1.54) is 0 Å². The largest absolute Gasteiger partial charge is 0.371 e. The van der Waals surface area contributed by atoms with E-state index in [2.05, 4.69) is 39.9 Å². The average molecular weight is 332 g/mol. The van der Waals surface area contributed by atoms with Gasteiger partial charge in [0.15, 0.2) is 5.78 Å². The van der Waals surface area contributed by atoms with Crippen LogP contribution in [-0.2, 0) is 0 Å². The van der Waals surface area contributed by atoms with Crippen molar-refractivity contribution < 1.29 is 4.79 Å². The molecule has 0 bridgehead atoms. The molecule has 2 nitrogen and oxygen atoms in total. The van der Waals surface area contributed by atoms with Crippen LogP contribution in [0.15, 0.2) is 59.1 Å². The van der Waals surface area contributed by atoms with Crippen molar-refractivity contribution >= 4 is 27.4 Å². The van der Waals surface area contributed by atoms with Crippen LogP contribution in [-0.4, -0.2) is 18.9 Å². The van der Waals surface area contributed by atoms with Crippen LogP contribution in [0, 0.1) is 0 Å². The number of halogens is 1. The summed E-state index contributed by atoms with van der Waals surface area (Å²) in [6.45, 7) is 3.74. The molecule has 2 rings (SSSR count). The Bertz CT molecular complexity index is 568. The van der Waals surface area contributed by atoms with Crippen molar-refractivity contribution in [1.82, 2.24) is 0 Å². The molecule has 2 aromatic carbocycles. The number of carbonyl (C=O) groups is 1. The van der Waals surface area contributed by atoms with Gasteiger partial charge in [0.1, 0.15) is 0 Å². The molecule has 0 fully saturated rings. The summed E-state index contributed by atoms with van der Waals surface area (Å²) in [6.07, 6.45) is 0.519. The van der Waals surface area contributed by atoms with Crippen molar-refractivity contribution in [3.63, 3.8) is 0 Å². The van der Waals surface area contributed by atoms with Crippen LogP contribution in [0.3, 0.4) is 0 Å². The van der Waals surface area contributed by atoms with Gasteiger partial charge in [-0.15, -0.1) is 0 Å². The monoisotopic (exact) mass is 331 g/mol. The molecule has 0 aliphatic heterocycles. The molecule has 0 aromatic heterocycles. The normalized spacial score (nSPS) is 10.3. The Labute approximate surface area is 128 Å². The van der Waals surface area contributed by atoms with Crippen LogP contribution in [0.4, 0.5) is 5.69 Å². The van der Waals surface area contributed by atoms with Crippen molar-refractivity contribution in [2.45, 2.75) is 13.3 Å². The minimum absolute atomic E-state index is 0.173. The summed E-state index contributed by atoms with van der Waals surface area (Å²) in [7, 11) is 0. The molecule has 20 heavy (non-hydrogen) atoms. The van der Waals surface area contributed by atoms with Crippen molar-refractivity contribution in [2.75, 3.05) is 18.0 Å². The zero-order valence-electron chi connectivity index (χ0n) is 11.6. The van der Waals surface area contributed by atoms with E-state index in [0.717, 1.165) is 28.8 Å². The van der Waals surface area contributed by atoms with Gasteiger partial charge in [0.25, 0.3) is 0 Å².